The molecular formula is C17H26N6O. The van der Waals surface area contributed by atoms with E-state index in [2.05, 4.69) is 26.1 Å². The van der Waals surface area contributed by atoms with Crippen LogP contribution in [-0.2, 0) is 30.9 Å². The third-order valence-corrected chi connectivity index (χ3v) is 4.71. The van der Waals surface area contributed by atoms with Crippen molar-refractivity contribution >= 4 is 0 Å². The molecule has 0 radical (unpaired) electrons. The van der Waals surface area contributed by atoms with Crippen molar-refractivity contribution in [3.63, 3.8) is 0 Å². The zero-order chi connectivity index (χ0) is 16.2. The Morgan fingerprint density at radius 3 is 3.21 bits per heavy atom. The third-order valence-electron chi connectivity index (χ3n) is 4.71. The summed E-state index contributed by atoms with van der Waals surface area (Å²) in [5, 5.41) is 12.6. The number of fused-ring (bicyclic) bond motifs is 1. The van der Waals surface area contributed by atoms with Crippen LogP contribution < -0.4 is 5.32 Å². The molecule has 1 N–H and O–H groups in total. The van der Waals surface area contributed by atoms with Gasteiger partial charge in [-0.1, -0.05) is 0 Å². The van der Waals surface area contributed by atoms with Gasteiger partial charge in [0.15, 0.2) is 0 Å². The first-order valence-electron chi connectivity index (χ1n) is 8.94. The molecule has 0 amide bonds. The van der Waals surface area contributed by atoms with E-state index in [1.165, 1.54) is 11.4 Å². The van der Waals surface area contributed by atoms with Crippen LogP contribution in [0, 0.1) is 0 Å². The molecule has 4 rings (SSSR count). The number of rotatable bonds is 4. The quantitative estimate of drug-likeness (QED) is 0.901. The van der Waals surface area contributed by atoms with Crippen molar-refractivity contribution in [3.8, 4) is 0 Å². The van der Waals surface area contributed by atoms with Crippen LogP contribution in [0.1, 0.15) is 24.2 Å². The fourth-order valence-corrected chi connectivity index (χ4v) is 3.57. The van der Waals surface area contributed by atoms with Gasteiger partial charge in [0.2, 0.25) is 0 Å². The Hall–Kier alpha value is -1.70. The van der Waals surface area contributed by atoms with E-state index in [0.717, 1.165) is 65.3 Å². The topological polar surface area (TPSA) is 60.1 Å². The summed E-state index contributed by atoms with van der Waals surface area (Å²) in [4.78, 5) is 2.47. The summed E-state index contributed by atoms with van der Waals surface area (Å²) in [7, 11) is 0. The summed E-state index contributed by atoms with van der Waals surface area (Å²) >= 11 is 0. The second kappa shape index (κ2) is 7.46. The summed E-state index contributed by atoms with van der Waals surface area (Å²) in [6, 6.07) is 4.22. The Balaban J connectivity index is 1.39. The fourth-order valence-electron chi connectivity index (χ4n) is 3.57. The van der Waals surface area contributed by atoms with Crippen molar-refractivity contribution in [3.05, 3.63) is 35.9 Å². The van der Waals surface area contributed by atoms with Crippen molar-refractivity contribution in [2.45, 2.75) is 45.1 Å². The second-order valence-electron chi connectivity index (χ2n) is 6.69. The van der Waals surface area contributed by atoms with E-state index in [0.29, 0.717) is 0 Å². The standard InChI is InChI=1S/C17H26N6O/c1-4-18-11-16-10-15(20-23(16)8-1)12-21-6-3-9-24-17(13-21)14-22-7-2-5-19-22/h2,5,7,10,17-18H,1,3-4,6,8-9,11-14H2/t17-/m1/s1. The summed E-state index contributed by atoms with van der Waals surface area (Å²) < 4.78 is 10.1. The van der Waals surface area contributed by atoms with Gasteiger partial charge in [0.1, 0.15) is 0 Å². The SMILES string of the molecule is c1cnn(C[C@H]2CN(Cc3cc4n(n3)CCCNC4)CCCO2)c1. The molecule has 1 fully saturated rings. The first kappa shape index (κ1) is 15.8. The largest absolute Gasteiger partial charge is 0.375 e. The normalized spacial score (nSPS) is 22.8. The van der Waals surface area contributed by atoms with E-state index in [-0.39, 0.29) is 6.10 Å². The van der Waals surface area contributed by atoms with Gasteiger partial charge in [-0.15, -0.1) is 0 Å². The number of hydrogen-bond donors (Lipinski definition) is 1. The van der Waals surface area contributed by atoms with Crippen molar-refractivity contribution < 1.29 is 4.74 Å². The smallest absolute Gasteiger partial charge is 0.0897 e. The summed E-state index contributed by atoms with van der Waals surface area (Å²) in [5.74, 6) is 0. The molecule has 24 heavy (non-hydrogen) atoms. The third kappa shape index (κ3) is 3.85. The Bertz CT molecular complexity index is 614. The van der Waals surface area contributed by atoms with Crippen LogP contribution in [0.2, 0.25) is 0 Å². The van der Waals surface area contributed by atoms with E-state index >= 15 is 0 Å². The predicted molar refractivity (Wildman–Crippen MR) is 90.4 cm³/mol. The van der Waals surface area contributed by atoms with Gasteiger partial charge in [-0.25, -0.2) is 0 Å². The van der Waals surface area contributed by atoms with Gasteiger partial charge in [0, 0.05) is 51.7 Å². The van der Waals surface area contributed by atoms with E-state index in [9.17, 15) is 0 Å². The molecule has 2 aromatic rings. The molecule has 2 aromatic heterocycles. The Morgan fingerprint density at radius 2 is 2.29 bits per heavy atom. The van der Waals surface area contributed by atoms with Crippen LogP contribution in [0.15, 0.2) is 24.5 Å². The van der Waals surface area contributed by atoms with Gasteiger partial charge in [-0.2, -0.15) is 10.2 Å². The maximum absolute atomic E-state index is 6.00. The molecule has 7 heteroatoms. The highest BCUT2D eigenvalue weighted by Crippen LogP contribution is 2.14. The van der Waals surface area contributed by atoms with E-state index in [1.807, 2.05) is 23.1 Å². The molecule has 0 aromatic carbocycles. The molecule has 0 aliphatic carbocycles. The Morgan fingerprint density at radius 1 is 1.29 bits per heavy atom. The van der Waals surface area contributed by atoms with Gasteiger partial charge >= 0.3 is 0 Å². The monoisotopic (exact) mass is 330 g/mol. The molecule has 4 heterocycles. The maximum atomic E-state index is 6.00. The number of nitrogens with one attached hydrogen (secondary N) is 1. The highest BCUT2D eigenvalue weighted by atomic mass is 16.5. The van der Waals surface area contributed by atoms with Crippen LogP contribution in [0.25, 0.3) is 0 Å². The van der Waals surface area contributed by atoms with Crippen LogP contribution >= 0.6 is 0 Å². The average Bonchev–Trinajstić information content (AvgIpc) is 3.09. The Labute approximate surface area is 142 Å². The average molecular weight is 330 g/mol. The minimum Gasteiger partial charge on any atom is -0.375 e. The Kier molecular flexibility index (Phi) is 4.91. The molecule has 2 aliphatic heterocycles. The van der Waals surface area contributed by atoms with Crippen molar-refractivity contribution in [2.75, 3.05) is 26.2 Å². The minimum absolute atomic E-state index is 0.189. The summed E-state index contributed by atoms with van der Waals surface area (Å²) in [6.07, 6.45) is 6.23. The number of nitrogens with zero attached hydrogens (tertiary/aromatic N) is 5. The van der Waals surface area contributed by atoms with Gasteiger partial charge in [0.05, 0.1) is 24.0 Å². The number of ether oxygens (including phenoxy) is 1. The van der Waals surface area contributed by atoms with E-state index in [1.54, 1.807) is 0 Å². The number of aromatic nitrogens is 4. The lowest BCUT2D eigenvalue weighted by Crippen LogP contribution is -2.34. The predicted octanol–water partition coefficient (Wildman–Crippen LogP) is 0.864. The van der Waals surface area contributed by atoms with Crippen molar-refractivity contribution in [2.24, 2.45) is 0 Å². The van der Waals surface area contributed by atoms with Gasteiger partial charge < -0.3 is 10.1 Å². The summed E-state index contributed by atoms with van der Waals surface area (Å²) in [6.45, 7) is 7.57. The first-order valence-corrected chi connectivity index (χ1v) is 8.94. The van der Waals surface area contributed by atoms with Crippen LogP contribution in [0.4, 0.5) is 0 Å². The van der Waals surface area contributed by atoms with E-state index < -0.39 is 0 Å². The molecule has 0 spiro atoms. The molecule has 130 valence electrons. The lowest BCUT2D eigenvalue weighted by atomic mass is 10.2. The van der Waals surface area contributed by atoms with Crippen molar-refractivity contribution in [1.82, 2.24) is 29.8 Å². The first-order chi connectivity index (χ1) is 11.9. The molecule has 0 bridgehead atoms. The molecule has 0 unspecified atom stereocenters. The highest BCUT2D eigenvalue weighted by molar-refractivity contribution is 5.11. The highest BCUT2D eigenvalue weighted by Gasteiger charge is 2.21. The zero-order valence-corrected chi connectivity index (χ0v) is 14.1. The molecule has 7 nitrogen and oxygen atoms in total. The van der Waals surface area contributed by atoms with E-state index in [4.69, 9.17) is 9.84 Å². The molecule has 1 atom stereocenters. The molecule has 2 aliphatic rings. The fraction of sp³-hybridized carbons (Fsp3) is 0.647. The maximum Gasteiger partial charge on any atom is 0.0897 e. The molecular weight excluding hydrogens is 304 g/mol. The number of aryl methyl sites for hydroxylation is 1. The van der Waals surface area contributed by atoms with Crippen LogP contribution in [-0.4, -0.2) is 56.8 Å². The second-order valence-corrected chi connectivity index (χ2v) is 6.69. The lowest BCUT2D eigenvalue weighted by Gasteiger charge is -2.22. The van der Waals surface area contributed by atoms with Gasteiger partial charge in [-0.05, 0) is 31.5 Å². The summed E-state index contributed by atoms with van der Waals surface area (Å²) in [5.41, 5.74) is 2.48. The number of hydrogen-bond acceptors (Lipinski definition) is 5. The zero-order valence-electron chi connectivity index (χ0n) is 14.1. The lowest BCUT2D eigenvalue weighted by molar-refractivity contribution is 0.0389. The van der Waals surface area contributed by atoms with Crippen LogP contribution in [0.3, 0.4) is 0 Å². The minimum atomic E-state index is 0.189. The van der Waals surface area contributed by atoms with Crippen molar-refractivity contribution in [1.29, 1.82) is 0 Å². The van der Waals surface area contributed by atoms with Gasteiger partial charge in [-0.3, -0.25) is 14.3 Å². The molecule has 1 saturated heterocycles. The van der Waals surface area contributed by atoms with Gasteiger partial charge in [0.25, 0.3) is 0 Å². The van der Waals surface area contributed by atoms with Crippen LogP contribution in [0.5, 0.6) is 0 Å². The molecule has 0 saturated carbocycles.